The average molecular weight is 308 g/mol. The summed E-state index contributed by atoms with van der Waals surface area (Å²) in [7, 11) is -1.30. The third-order valence-electron chi connectivity index (χ3n) is 3.61. The first-order chi connectivity index (χ1) is 9.79. The van der Waals surface area contributed by atoms with Gasteiger partial charge in [-0.05, 0) is 40.9 Å². The fourth-order valence-corrected chi connectivity index (χ4v) is 3.67. The summed E-state index contributed by atoms with van der Waals surface area (Å²) in [4.78, 5) is 0.925. The van der Waals surface area contributed by atoms with Crippen LogP contribution in [0.15, 0.2) is 21.4 Å². The Balaban J connectivity index is 3.57. The van der Waals surface area contributed by atoms with Crippen LogP contribution in [0.5, 0.6) is 0 Å². The minimum Gasteiger partial charge on any atom is -0.229 e. The quantitative estimate of drug-likeness (QED) is 0.633. The van der Waals surface area contributed by atoms with Crippen LogP contribution in [0, 0.1) is 0 Å². The van der Waals surface area contributed by atoms with Crippen LogP contribution in [-0.2, 0) is 11.0 Å². The molecule has 0 spiro atoms. The molecule has 1 aromatic carbocycles. The van der Waals surface area contributed by atoms with Gasteiger partial charge in [-0.1, -0.05) is 60.6 Å². The van der Waals surface area contributed by atoms with Crippen molar-refractivity contribution in [3.05, 3.63) is 28.8 Å². The second-order valence-corrected chi connectivity index (χ2v) is 7.56. The standard InChI is InChI=1S/C18H29NOS/c1-8-9-19-21(20)18-16(13(4)5)10-15(12(2)3)11-17(18)14(6)7/h9-14H,8H2,1-7H3/b19-9+. The lowest BCUT2D eigenvalue weighted by Crippen LogP contribution is -2.07. The zero-order chi connectivity index (χ0) is 16.2. The van der Waals surface area contributed by atoms with Gasteiger partial charge in [0, 0.05) is 6.21 Å². The van der Waals surface area contributed by atoms with Crippen molar-refractivity contribution in [3.8, 4) is 0 Å². The Morgan fingerprint density at radius 3 is 1.81 bits per heavy atom. The number of hydrogen-bond donors (Lipinski definition) is 0. The van der Waals surface area contributed by atoms with E-state index in [1.807, 2.05) is 6.92 Å². The molecule has 2 nitrogen and oxygen atoms in total. The maximum atomic E-state index is 12.6. The van der Waals surface area contributed by atoms with E-state index in [2.05, 4.69) is 58.1 Å². The molecule has 0 heterocycles. The summed E-state index contributed by atoms with van der Waals surface area (Å²) in [6.45, 7) is 15.1. The molecule has 0 radical (unpaired) electrons. The third-order valence-corrected chi connectivity index (χ3v) is 4.77. The lowest BCUT2D eigenvalue weighted by molar-refractivity contribution is 0.677. The molecule has 0 saturated heterocycles. The molecule has 0 bridgehead atoms. The molecule has 0 aliphatic heterocycles. The average Bonchev–Trinajstić information content (AvgIpc) is 2.42. The van der Waals surface area contributed by atoms with Crippen molar-refractivity contribution < 1.29 is 4.21 Å². The van der Waals surface area contributed by atoms with Crippen molar-refractivity contribution in [2.45, 2.75) is 77.5 Å². The highest BCUT2D eigenvalue weighted by Gasteiger charge is 2.20. The minimum absolute atomic E-state index is 0.344. The molecule has 0 aromatic heterocycles. The Morgan fingerprint density at radius 2 is 1.48 bits per heavy atom. The molecule has 0 saturated carbocycles. The van der Waals surface area contributed by atoms with Crippen LogP contribution in [0.4, 0.5) is 0 Å². The van der Waals surface area contributed by atoms with E-state index in [-0.39, 0.29) is 0 Å². The lowest BCUT2D eigenvalue weighted by atomic mass is 9.89. The first kappa shape index (κ1) is 18.1. The highest BCUT2D eigenvalue weighted by molar-refractivity contribution is 7.84. The molecule has 0 aliphatic carbocycles. The maximum absolute atomic E-state index is 12.6. The van der Waals surface area contributed by atoms with Gasteiger partial charge in [-0.3, -0.25) is 0 Å². The second kappa shape index (κ2) is 7.88. The molecule has 1 aromatic rings. The van der Waals surface area contributed by atoms with Crippen LogP contribution in [0.1, 0.15) is 89.3 Å². The van der Waals surface area contributed by atoms with Gasteiger partial charge in [0.2, 0.25) is 0 Å². The Labute approximate surface area is 132 Å². The van der Waals surface area contributed by atoms with Gasteiger partial charge in [0.15, 0.2) is 11.0 Å². The SMILES string of the molecule is CC/C=N/S(=O)c1c(C(C)C)cc(C(C)C)cc1C(C)C. The van der Waals surface area contributed by atoms with Gasteiger partial charge in [0.05, 0.1) is 4.90 Å². The zero-order valence-corrected chi connectivity index (χ0v) is 15.3. The van der Waals surface area contributed by atoms with E-state index in [0.29, 0.717) is 17.8 Å². The molecule has 0 N–H and O–H groups in total. The number of benzene rings is 1. The predicted octanol–water partition coefficient (Wildman–Crippen LogP) is 5.56. The summed E-state index contributed by atoms with van der Waals surface area (Å²) in [5.41, 5.74) is 3.68. The molecule has 1 rings (SSSR count). The Bertz CT molecular complexity index is 501. The van der Waals surface area contributed by atoms with Gasteiger partial charge in [-0.15, -0.1) is 0 Å². The number of rotatable bonds is 6. The van der Waals surface area contributed by atoms with Crippen molar-refractivity contribution in [1.82, 2.24) is 0 Å². The largest absolute Gasteiger partial charge is 0.229 e. The third kappa shape index (κ3) is 4.50. The van der Waals surface area contributed by atoms with Crippen LogP contribution < -0.4 is 0 Å². The van der Waals surface area contributed by atoms with Crippen molar-refractivity contribution in [2.75, 3.05) is 0 Å². The van der Waals surface area contributed by atoms with Gasteiger partial charge in [0.25, 0.3) is 0 Å². The highest BCUT2D eigenvalue weighted by atomic mass is 32.2. The molecule has 1 unspecified atom stereocenters. The van der Waals surface area contributed by atoms with Crippen LogP contribution in [0.3, 0.4) is 0 Å². The van der Waals surface area contributed by atoms with Crippen LogP contribution in [0.25, 0.3) is 0 Å². The van der Waals surface area contributed by atoms with Crippen molar-refractivity contribution >= 4 is 17.2 Å². The van der Waals surface area contributed by atoms with Crippen LogP contribution in [-0.4, -0.2) is 10.4 Å². The van der Waals surface area contributed by atoms with Crippen molar-refractivity contribution in [1.29, 1.82) is 0 Å². The second-order valence-electron chi connectivity index (χ2n) is 6.44. The summed E-state index contributed by atoms with van der Waals surface area (Å²) in [6.07, 6.45) is 2.56. The topological polar surface area (TPSA) is 29.4 Å². The predicted molar refractivity (Wildman–Crippen MR) is 93.9 cm³/mol. The van der Waals surface area contributed by atoms with Crippen molar-refractivity contribution in [2.24, 2.45) is 4.40 Å². The van der Waals surface area contributed by atoms with Gasteiger partial charge in [-0.2, -0.15) is 4.40 Å². The molecular formula is C18H29NOS. The summed E-state index contributed by atoms with van der Waals surface area (Å²) < 4.78 is 16.9. The maximum Gasteiger partial charge on any atom is 0.172 e. The summed E-state index contributed by atoms with van der Waals surface area (Å²) in [5.74, 6) is 1.16. The Morgan fingerprint density at radius 1 is 1.00 bits per heavy atom. The zero-order valence-electron chi connectivity index (χ0n) is 14.4. The molecule has 118 valence electrons. The highest BCUT2D eigenvalue weighted by Crippen LogP contribution is 2.34. The van der Waals surface area contributed by atoms with Crippen molar-refractivity contribution in [3.63, 3.8) is 0 Å². The molecule has 0 aliphatic rings. The van der Waals surface area contributed by atoms with E-state index < -0.39 is 11.0 Å². The van der Waals surface area contributed by atoms with Crippen LogP contribution >= 0.6 is 0 Å². The van der Waals surface area contributed by atoms with E-state index in [0.717, 1.165) is 11.3 Å². The molecule has 3 heteroatoms. The monoisotopic (exact) mass is 307 g/mol. The van der Waals surface area contributed by atoms with Gasteiger partial charge in [0.1, 0.15) is 0 Å². The molecule has 0 amide bonds. The summed E-state index contributed by atoms with van der Waals surface area (Å²) >= 11 is 0. The number of nitrogens with zero attached hydrogens (tertiary/aromatic N) is 1. The fraction of sp³-hybridized carbons (Fsp3) is 0.611. The normalized spacial score (nSPS) is 13.8. The summed E-state index contributed by atoms with van der Waals surface area (Å²) in [6, 6.07) is 4.44. The smallest absolute Gasteiger partial charge is 0.172 e. The Hall–Kier alpha value is -0.960. The van der Waals surface area contributed by atoms with E-state index in [1.165, 1.54) is 16.7 Å². The lowest BCUT2D eigenvalue weighted by Gasteiger charge is -2.21. The fourth-order valence-electron chi connectivity index (χ4n) is 2.29. The van der Waals surface area contributed by atoms with Crippen LogP contribution in [0.2, 0.25) is 0 Å². The first-order valence-corrected chi connectivity index (χ1v) is 9.02. The molecule has 0 fully saturated rings. The van der Waals surface area contributed by atoms with E-state index in [4.69, 9.17) is 0 Å². The van der Waals surface area contributed by atoms with E-state index in [9.17, 15) is 4.21 Å². The van der Waals surface area contributed by atoms with Gasteiger partial charge < -0.3 is 0 Å². The van der Waals surface area contributed by atoms with E-state index >= 15 is 0 Å². The number of hydrogen-bond acceptors (Lipinski definition) is 1. The molecule has 21 heavy (non-hydrogen) atoms. The molecule has 1 atom stereocenters. The first-order valence-electron chi connectivity index (χ1n) is 7.91. The molecular weight excluding hydrogens is 278 g/mol. The van der Waals surface area contributed by atoms with Gasteiger partial charge in [-0.25, -0.2) is 4.21 Å². The van der Waals surface area contributed by atoms with Gasteiger partial charge >= 0.3 is 0 Å². The summed E-state index contributed by atoms with van der Waals surface area (Å²) in [5, 5.41) is 0. The van der Waals surface area contributed by atoms with E-state index in [1.54, 1.807) is 6.21 Å². The minimum atomic E-state index is -1.30. The Kier molecular flexibility index (Phi) is 6.79.